The molecular weight excluding hydrogens is 373 g/mol. The number of hydrogen-bond donors (Lipinski definition) is 2. The van der Waals surface area contributed by atoms with Crippen LogP contribution in [-0.2, 0) is 4.74 Å². The second-order valence-electron chi connectivity index (χ2n) is 6.17. The summed E-state index contributed by atoms with van der Waals surface area (Å²) in [6.45, 7) is 2.34. The van der Waals surface area contributed by atoms with Crippen molar-refractivity contribution in [1.29, 1.82) is 10.8 Å². The van der Waals surface area contributed by atoms with Crippen LogP contribution < -0.4 is 0 Å². The number of thioether (sulfide) groups is 1. The average molecular weight is 397 g/mol. The molecule has 1 saturated carbocycles. The topological polar surface area (TPSA) is 63.4 Å². The third kappa shape index (κ3) is 6.41. The molecule has 142 valence electrons. The fourth-order valence-electron chi connectivity index (χ4n) is 2.89. The molecule has 0 amide bonds. The van der Waals surface area contributed by atoms with Crippen LogP contribution >= 0.6 is 24.0 Å². The van der Waals surface area contributed by atoms with Crippen LogP contribution in [0.15, 0.2) is 0 Å². The lowest BCUT2D eigenvalue weighted by atomic mass is 9.98. The molecule has 0 atom stereocenters. The molecule has 10 heteroatoms. The van der Waals surface area contributed by atoms with E-state index in [1.165, 1.54) is 19.3 Å². The van der Waals surface area contributed by atoms with Crippen LogP contribution in [0.5, 0.6) is 0 Å². The largest absolute Gasteiger partial charge is 0.439 e. The van der Waals surface area contributed by atoms with Crippen LogP contribution in [-0.4, -0.2) is 70.1 Å². The average Bonchev–Trinajstić information content (AvgIpc) is 2.59. The molecule has 2 aliphatic rings. The van der Waals surface area contributed by atoms with Gasteiger partial charge in [0.1, 0.15) is 4.99 Å². The summed E-state index contributed by atoms with van der Waals surface area (Å²) in [5.41, 5.74) is 0. The van der Waals surface area contributed by atoms with Crippen molar-refractivity contribution in [3.63, 3.8) is 0 Å². The number of nitrogens with one attached hydrogen (secondary N) is 2. The van der Waals surface area contributed by atoms with E-state index in [1.807, 2.05) is 4.90 Å². The highest BCUT2D eigenvalue weighted by molar-refractivity contribution is 8.26. The van der Waals surface area contributed by atoms with Gasteiger partial charge in [-0.3, -0.25) is 10.8 Å². The molecule has 0 spiro atoms. The molecule has 0 aromatic heterocycles. The Morgan fingerprint density at radius 1 is 1.04 bits per heavy atom. The van der Waals surface area contributed by atoms with Gasteiger partial charge in [0.2, 0.25) is 0 Å². The fourth-order valence-corrected chi connectivity index (χ4v) is 3.76. The molecule has 2 N–H and O–H groups in total. The third-order valence-electron chi connectivity index (χ3n) is 4.37. The summed E-state index contributed by atoms with van der Waals surface area (Å²) >= 11 is 5.55. The predicted molar refractivity (Wildman–Crippen MR) is 97.7 cm³/mol. The normalized spacial score (nSPS) is 19.8. The van der Waals surface area contributed by atoms with Crippen molar-refractivity contribution in [2.75, 3.05) is 32.8 Å². The van der Waals surface area contributed by atoms with Gasteiger partial charge in [-0.1, -0.05) is 31.5 Å². The fraction of sp³-hybridized carbons (Fsp3) is 0.800. The van der Waals surface area contributed by atoms with E-state index in [-0.39, 0.29) is 23.0 Å². The highest BCUT2D eigenvalue weighted by Gasteiger charge is 2.36. The van der Waals surface area contributed by atoms with Crippen LogP contribution in [0.25, 0.3) is 0 Å². The molecule has 2 fully saturated rings. The van der Waals surface area contributed by atoms with Gasteiger partial charge in [-0.05, 0) is 24.6 Å². The van der Waals surface area contributed by atoms with Crippen LogP contribution in [0.2, 0.25) is 0 Å². The predicted octanol–water partition coefficient (Wildman–Crippen LogP) is 3.49. The van der Waals surface area contributed by atoms with Gasteiger partial charge in [0, 0.05) is 26.2 Å². The minimum absolute atomic E-state index is 0.143. The van der Waals surface area contributed by atoms with E-state index >= 15 is 0 Å². The lowest BCUT2D eigenvalue weighted by Gasteiger charge is -2.37. The van der Waals surface area contributed by atoms with Crippen molar-refractivity contribution in [1.82, 2.24) is 9.80 Å². The first kappa shape index (κ1) is 20.4. The maximum atomic E-state index is 12.4. The van der Waals surface area contributed by atoms with Crippen LogP contribution in [0, 0.1) is 10.8 Å². The van der Waals surface area contributed by atoms with Gasteiger partial charge in [0.15, 0.2) is 10.2 Å². The monoisotopic (exact) mass is 396 g/mol. The maximum absolute atomic E-state index is 12.4. The van der Waals surface area contributed by atoms with Crippen molar-refractivity contribution < 1.29 is 17.9 Å². The Bertz CT molecular complexity index is 501. The molecule has 1 saturated heterocycles. The smallest absolute Gasteiger partial charge is 0.371 e. The van der Waals surface area contributed by atoms with Crippen LogP contribution in [0.1, 0.15) is 32.1 Å². The maximum Gasteiger partial charge on any atom is 0.439 e. The van der Waals surface area contributed by atoms with E-state index in [0.29, 0.717) is 37.8 Å². The van der Waals surface area contributed by atoms with Gasteiger partial charge in [-0.25, -0.2) is 0 Å². The molecule has 0 radical (unpaired) electrons. The molecule has 0 aromatic carbocycles. The minimum Gasteiger partial charge on any atom is -0.371 e. The number of piperazine rings is 1. The summed E-state index contributed by atoms with van der Waals surface area (Å²) in [5.74, 6) is 0. The Labute approximate surface area is 155 Å². The Kier molecular flexibility index (Phi) is 7.51. The van der Waals surface area contributed by atoms with Crippen molar-refractivity contribution in [3.05, 3.63) is 0 Å². The highest BCUT2D eigenvalue weighted by atomic mass is 32.2. The van der Waals surface area contributed by atoms with Crippen LogP contribution in [0.3, 0.4) is 0 Å². The lowest BCUT2D eigenvalue weighted by Crippen LogP contribution is -2.50. The van der Waals surface area contributed by atoms with Gasteiger partial charge in [-0.2, -0.15) is 13.2 Å². The van der Waals surface area contributed by atoms with Gasteiger partial charge < -0.3 is 14.5 Å². The number of thiocarbonyl (C=S) groups is 1. The molecule has 0 bridgehead atoms. The van der Waals surface area contributed by atoms with Crippen LogP contribution in [0.4, 0.5) is 13.2 Å². The molecule has 0 unspecified atom stereocenters. The van der Waals surface area contributed by atoms with E-state index in [0.717, 1.165) is 12.8 Å². The lowest BCUT2D eigenvalue weighted by molar-refractivity contribution is -0.0560. The first-order chi connectivity index (χ1) is 11.8. The third-order valence-corrected chi connectivity index (χ3v) is 5.63. The van der Waals surface area contributed by atoms with Crippen molar-refractivity contribution in [2.45, 2.75) is 44.4 Å². The first-order valence-electron chi connectivity index (χ1n) is 8.34. The summed E-state index contributed by atoms with van der Waals surface area (Å²) in [6, 6.07) is 0. The standard InChI is InChI=1S/C15H23F3N4OS2/c16-15(17,18)13(19)25-14(20)22-8-6-21(7-9-22)12(24)10-23-11-4-2-1-3-5-11/h11,19-20H,1-10H2. The Morgan fingerprint density at radius 2 is 1.60 bits per heavy atom. The quantitative estimate of drug-likeness (QED) is 0.434. The van der Waals surface area contributed by atoms with Crippen molar-refractivity contribution in [2.24, 2.45) is 0 Å². The molecule has 1 aliphatic carbocycles. The SMILES string of the molecule is N=C(SC(=N)C(F)(F)F)N1CCN(C(=S)COC2CCCCC2)CC1. The summed E-state index contributed by atoms with van der Waals surface area (Å²) in [4.78, 5) is 4.25. The summed E-state index contributed by atoms with van der Waals surface area (Å²) in [7, 11) is 0. The number of alkyl halides is 3. The van der Waals surface area contributed by atoms with Gasteiger partial charge in [0.05, 0.1) is 12.7 Å². The highest BCUT2D eigenvalue weighted by Crippen LogP contribution is 2.25. The molecule has 1 aliphatic heterocycles. The van der Waals surface area contributed by atoms with E-state index in [1.54, 1.807) is 4.90 Å². The van der Waals surface area contributed by atoms with E-state index in [4.69, 9.17) is 27.8 Å². The number of halogens is 3. The molecule has 25 heavy (non-hydrogen) atoms. The molecule has 5 nitrogen and oxygen atoms in total. The number of amidine groups is 1. The molecular formula is C15H23F3N4OS2. The van der Waals surface area contributed by atoms with E-state index in [9.17, 15) is 13.2 Å². The number of nitrogens with zero attached hydrogens (tertiary/aromatic N) is 2. The number of ether oxygens (including phenoxy) is 1. The Hall–Kier alpha value is -0.870. The molecule has 0 aromatic rings. The van der Waals surface area contributed by atoms with E-state index in [2.05, 4.69) is 0 Å². The Balaban J connectivity index is 1.70. The Morgan fingerprint density at radius 3 is 2.16 bits per heavy atom. The van der Waals surface area contributed by atoms with Gasteiger partial charge >= 0.3 is 6.18 Å². The number of hydrogen-bond acceptors (Lipinski definition) is 5. The second-order valence-corrected chi connectivity index (χ2v) is 7.64. The first-order valence-corrected chi connectivity index (χ1v) is 9.56. The number of rotatable bonds is 3. The molecule has 2 rings (SSSR count). The summed E-state index contributed by atoms with van der Waals surface area (Å²) in [5, 5.41) is 13.0. The van der Waals surface area contributed by atoms with Gasteiger partial charge in [0.25, 0.3) is 0 Å². The summed E-state index contributed by atoms with van der Waals surface area (Å²) in [6.07, 6.45) is 1.40. The van der Waals surface area contributed by atoms with Crippen molar-refractivity contribution >= 4 is 39.2 Å². The zero-order chi connectivity index (χ0) is 18.4. The minimum atomic E-state index is -4.70. The molecule has 1 heterocycles. The second kappa shape index (κ2) is 9.18. The zero-order valence-corrected chi connectivity index (χ0v) is 15.5. The van der Waals surface area contributed by atoms with Gasteiger partial charge in [-0.15, -0.1) is 0 Å². The van der Waals surface area contributed by atoms with Crippen molar-refractivity contribution in [3.8, 4) is 0 Å². The summed E-state index contributed by atoms with van der Waals surface area (Å²) < 4.78 is 43.0. The van der Waals surface area contributed by atoms with E-state index < -0.39 is 11.2 Å². The zero-order valence-electron chi connectivity index (χ0n) is 13.9.